The van der Waals surface area contributed by atoms with Crippen LogP contribution in [0.5, 0.6) is 0 Å². The standard InChI is InChI=1S/C14H21FN2O.ClH/c1-9(2)14(4,8-16)17-13(18)11-7-5-6-10(3)12(11)15;/h5-7,9H,8,16H2,1-4H3,(H,17,18);1H. The van der Waals surface area contributed by atoms with Gasteiger partial charge in [0.05, 0.1) is 11.1 Å². The van der Waals surface area contributed by atoms with E-state index in [9.17, 15) is 9.18 Å². The molecular weight excluding hydrogens is 267 g/mol. The molecule has 0 bridgehead atoms. The molecule has 0 saturated heterocycles. The molecule has 1 aromatic rings. The van der Waals surface area contributed by atoms with Gasteiger partial charge in [0, 0.05) is 6.54 Å². The zero-order valence-electron chi connectivity index (χ0n) is 11.8. The first-order valence-electron chi connectivity index (χ1n) is 6.09. The van der Waals surface area contributed by atoms with Gasteiger partial charge in [0.2, 0.25) is 0 Å². The largest absolute Gasteiger partial charge is 0.345 e. The molecule has 0 radical (unpaired) electrons. The molecule has 0 spiro atoms. The van der Waals surface area contributed by atoms with E-state index in [1.54, 1.807) is 19.1 Å². The Balaban J connectivity index is 0.00000324. The minimum atomic E-state index is -0.534. The minimum absolute atomic E-state index is 0. The number of nitrogens with two attached hydrogens (primary N) is 1. The third-order valence-electron chi connectivity index (χ3n) is 3.53. The zero-order chi connectivity index (χ0) is 13.9. The van der Waals surface area contributed by atoms with Crippen molar-refractivity contribution in [1.82, 2.24) is 5.32 Å². The molecule has 19 heavy (non-hydrogen) atoms. The summed E-state index contributed by atoms with van der Waals surface area (Å²) in [5, 5.41) is 2.82. The number of carbonyl (C=O) groups is 1. The highest BCUT2D eigenvalue weighted by Gasteiger charge is 2.29. The summed E-state index contributed by atoms with van der Waals surface area (Å²) >= 11 is 0. The predicted molar refractivity (Wildman–Crippen MR) is 78.1 cm³/mol. The van der Waals surface area contributed by atoms with Gasteiger partial charge >= 0.3 is 0 Å². The first-order valence-corrected chi connectivity index (χ1v) is 6.09. The van der Waals surface area contributed by atoms with Crippen LogP contribution in [0.3, 0.4) is 0 Å². The number of benzene rings is 1. The fourth-order valence-electron chi connectivity index (χ4n) is 1.58. The Bertz CT molecular complexity index is 451. The summed E-state index contributed by atoms with van der Waals surface area (Å²) in [6.45, 7) is 7.75. The summed E-state index contributed by atoms with van der Waals surface area (Å²) in [6.07, 6.45) is 0. The molecular formula is C14H22ClFN2O. The molecule has 3 nitrogen and oxygen atoms in total. The SMILES string of the molecule is Cc1cccc(C(=O)NC(C)(CN)C(C)C)c1F.Cl. The third kappa shape index (κ3) is 3.91. The van der Waals surface area contributed by atoms with E-state index in [0.29, 0.717) is 12.1 Å². The van der Waals surface area contributed by atoms with Crippen LogP contribution in [0.25, 0.3) is 0 Å². The zero-order valence-corrected chi connectivity index (χ0v) is 12.6. The van der Waals surface area contributed by atoms with Crippen molar-refractivity contribution in [2.75, 3.05) is 6.54 Å². The molecule has 0 saturated carbocycles. The lowest BCUT2D eigenvalue weighted by atomic mass is 9.88. The van der Waals surface area contributed by atoms with Crippen LogP contribution in [-0.2, 0) is 0 Å². The number of hydrogen-bond acceptors (Lipinski definition) is 2. The smallest absolute Gasteiger partial charge is 0.254 e. The number of halogens is 2. The maximum absolute atomic E-state index is 13.8. The van der Waals surface area contributed by atoms with Gasteiger partial charge in [-0.3, -0.25) is 4.79 Å². The predicted octanol–water partition coefficient (Wildman–Crippen LogP) is 2.66. The van der Waals surface area contributed by atoms with E-state index >= 15 is 0 Å². The highest BCUT2D eigenvalue weighted by Crippen LogP contribution is 2.17. The molecule has 0 aliphatic heterocycles. The van der Waals surface area contributed by atoms with Crippen molar-refractivity contribution in [3.63, 3.8) is 0 Å². The van der Waals surface area contributed by atoms with Crippen molar-refractivity contribution >= 4 is 18.3 Å². The van der Waals surface area contributed by atoms with Crippen molar-refractivity contribution in [2.45, 2.75) is 33.2 Å². The lowest BCUT2D eigenvalue weighted by molar-refractivity contribution is 0.0879. The fraction of sp³-hybridized carbons (Fsp3) is 0.500. The van der Waals surface area contributed by atoms with E-state index in [2.05, 4.69) is 5.32 Å². The second-order valence-electron chi connectivity index (χ2n) is 5.17. The molecule has 0 aliphatic rings. The molecule has 1 aromatic carbocycles. The van der Waals surface area contributed by atoms with Crippen molar-refractivity contribution in [3.8, 4) is 0 Å². The van der Waals surface area contributed by atoms with E-state index in [-0.39, 0.29) is 23.9 Å². The Labute approximate surface area is 120 Å². The van der Waals surface area contributed by atoms with Gasteiger partial charge in [-0.05, 0) is 31.4 Å². The third-order valence-corrected chi connectivity index (χ3v) is 3.53. The summed E-state index contributed by atoms with van der Waals surface area (Å²) in [5.74, 6) is -0.727. The number of rotatable bonds is 4. The lowest BCUT2D eigenvalue weighted by Gasteiger charge is -2.33. The Kier molecular flexibility index (Phi) is 6.46. The summed E-state index contributed by atoms with van der Waals surface area (Å²) in [4.78, 5) is 12.1. The molecule has 0 aliphatic carbocycles. The molecule has 0 aromatic heterocycles. The fourth-order valence-corrected chi connectivity index (χ4v) is 1.58. The Morgan fingerprint density at radius 3 is 2.53 bits per heavy atom. The van der Waals surface area contributed by atoms with Gasteiger partial charge in [-0.25, -0.2) is 4.39 Å². The van der Waals surface area contributed by atoms with Crippen LogP contribution in [0.1, 0.15) is 36.7 Å². The Morgan fingerprint density at radius 2 is 2.05 bits per heavy atom. The van der Waals surface area contributed by atoms with Gasteiger partial charge in [0.15, 0.2) is 0 Å². The van der Waals surface area contributed by atoms with Crippen molar-refractivity contribution in [3.05, 3.63) is 35.1 Å². The van der Waals surface area contributed by atoms with E-state index < -0.39 is 17.3 Å². The van der Waals surface area contributed by atoms with Gasteiger partial charge in [0.1, 0.15) is 5.82 Å². The number of hydrogen-bond donors (Lipinski definition) is 2. The van der Waals surface area contributed by atoms with Crippen LogP contribution in [0.2, 0.25) is 0 Å². The highest BCUT2D eigenvalue weighted by atomic mass is 35.5. The molecule has 1 unspecified atom stereocenters. The van der Waals surface area contributed by atoms with Crippen LogP contribution >= 0.6 is 12.4 Å². The molecule has 0 fully saturated rings. The molecule has 3 N–H and O–H groups in total. The number of amides is 1. The van der Waals surface area contributed by atoms with Crippen LogP contribution in [-0.4, -0.2) is 18.0 Å². The van der Waals surface area contributed by atoms with Crippen LogP contribution < -0.4 is 11.1 Å². The molecule has 0 heterocycles. The maximum atomic E-state index is 13.8. The average molecular weight is 289 g/mol. The van der Waals surface area contributed by atoms with Gasteiger partial charge in [-0.15, -0.1) is 12.4 Å². The Hall–Kier alpha value is -1.13. The topological polar surface area (TPSA) is 55.1 Å². The average Bonchev–Trinajstić information content (AvgIpc) is 2.32. The minimum Gasteiger partial charge on any atom is -0.345 e. The molecule has 5 heteroatoms. The number of aryl methyl sites for hydroxylation is 1. The normalized spacial score (nSPS) is 13.6. The maximum Gasteiger partial charge on any atom is 0.254 e. The quantitative estimate of drug-likeness (QED) is 0.895. The van der Waals surface area contributed by atoms with Crippen LogP contribution in [0, 0.1) is 18.7 Å². The lowest BCUT2D eigenvalue weighted by Crippen LogP contribution is -2.55. The van der Waals surface area contributed by atoms with E-state index in [0.717, 1.165) is 0 Å². The van der Waals surface area contributed by atoms with Crippen LogP contribution in [0.4, 0.5) is 4.39 Å². The van der Waals surface area contributed by atoms with E-state index in [1.165, 1.54) is 6.07 Å². The second kappa shape index (κ2) is 6.87. The van der Waals surface area contributed by atoms with Crippen molar-refractivity contribution < 1.29 is 9.18 Å². The van der Waals surface area contributed by atoms with Gasteiger partial charge < -0.3 is 11.1 Å². The molecule has 1 atom stereocenters. The van der Waals surface area contributed by atoms with Crippen molar-refractivity contribution in [1.29, 1.82) is 0 Å². The summed E-state index contributed by atoms with van der Waals surface area (Å²) in [7, 11) is 0. The summed E-state index contributed by atoms with van der Waals surface area (Å²) in [5.41, 5.74) is 5.68. The van der Waals surface area contributed by atoms with Gasteiger partial charge in [0.25, 0.3) is 5.91 Å². The summed E-state index contributed by atoms with van der Waals surface area (Å²) in [6, 6.07) is 4.79. The number of carbonyl (C=O) groups excluding carboxylic acids is 1. The monoisotopic (exact) mass is 288 g/mol. The molecule has 1 amide bonds. The van der Waals surface area contributed by atoms with Crippen molar-refractivity contribution in [2.24, 2.45) is 11.7 Å². The van der Waals surface area contributed by atoms with Gasteiger partial charge in [-0.2, -0.15) is 0 Å². The van der Waals surface area contributed by atoms with Gasteiger partial charge in [-0.1, -0.05) is 26.0 Å². The highest BCUT2D eigenvalue weighted by molar-refractivity contribution is 5.95. The van der Waals surface area contributed by atoms with E-state index in [1.807, 2.05) is 20.8 Å². The molecule has 1 rings (SSSR count). The second-order valence-corrected chi connectivity index (χ2v) is 5.17. The van der Waals surface area contributed by atoms with Crippen LogP contribution in [0.15, 0.2) is 18.2 Å². The van der Waals surface area contributed by atoms with E-state index in [4.69, 9.17) is 5.73 Å². The Morgan fingerprint density at radius 1 is 1.47 bits per heavy atom. The molecule has 108 valence electrons. The first-order chi connectivity index (χ1) is 8.31. The first kappa shape index (κ1) is 17.9. The number of nitrogens with one attached hydrogen (secondary N) is 1. The summed E-state index contributed by atoms with van der Waals surface area (Å²) < 4.78 is 13.8.